The molecule has 0 aliphatic rings. The van der Waals surface area contributed by atoms with Crippen LogP contribution in [0.15, 0.2) is 42.5 Å². The molecular formula is C16H12F3N3O. The second-order valence-electron chi connectivity index (χ2n) is 5.05. The van der Waals surface area contributed by atoms with Crippen LogP contribution in [0.5, 0.6) is 0 Å². The summed E-state index contributed by atoms with van der Waals surface area (Å²) in [5.74, 6) is 0.247. The van der Waals surface area contributed by atoms with Gasteiger partial charge in [0.05, 0.1) is 16.6 Å². The first-order chi connectivity index (χ1) is 10.8. The lowest BCUT2D eigenvalue weighted by atomic mass is 10.1. The summed E-state index contributed by atoms with van der Waals surface area (Å²) in [5, 5.41) is 2.58. The first-order valence-corrected chi connectivity index (χ1v) is 6.78. The molecule has 3 rings (SSSR count). The van der Waals surface area contributed by atoms with Gasteiger partial charge in [0, 0.05) is 5.69 Å². The minimum Gasteiger partial charge on any atom is -0.342 e. The van der Waals surface area contributed by atoms with Crippen molar-refractivity contribution in [3.05, 3.63) is 59.4 Å². The largest absolute Gasteiger partial charge is 0.416 e. The number of imidazole rings is 1. The number of carbonyl (C=O) groups excluding carboxylic acids is 1. The van der Waals surface area contributed by atoms with Gasteiger partial charge < -0.3 is 10.3 Å². The van der Waals surface area contributed by atoms with E-state index in [1.54, 1.807) is 25.1 Å². The van der Waals surface area contributed by atoms with Crippen molar-refractivity contribution in [2.45, 2.75) is 13.1 Å². The molecule has 23 heavy (non-hydrogen) atoms. The van der Waals surface area contributed by atoms with Gasteiger partial charge in [0.1, 0.15) is 11.3 Å². The van der Waals surface area contributed by atoms with E-state index in [4.69, 9.17) is 0 Å². The lowest BCUT2D eigenvalue weighted by molar-refractivity contribution is -0.137. The number of aromatic amines is 1. The Morgan fingerprint density at radius 2 is 1.83 bits per heavy atom. The van der Waals surface area contributed by atoms with Crippen LogP contribution in [0.3, 0.4) is 0 Å². The van der Waals surface area contributed by atoms with Gasteiger partial charge in [0.2, 0.25) is 0 Å². The maximum atomic E-state index is 12.5. The van der Waals surface area contributed by atoms with Crippen molar-refractivity contribution < 1.29 is 18.0 Å². The Morgan fingerprint density at radius 1 is 1.13 bits per heavy atom. The Balaban J connectivity index is 1.86. The maximum absolute atomic E-state index is 12.5. The van der Waals surface area contributed by atoms with Crippen molar-refractivity contribution in [1.29, 1.82) is 0 Å². The third-order valence-corrected chi connectivity index (χ3v) is 3.35. The number of carbonyl (C=O) groups is 1. The van der Waals surface area contributed by atoms with Crippen LogP contribution < -0.4 is 5.32 Å². The first kappa shape index (κ1) is 15.1. The summed E-state index contributed by atoms with van der Waals surface area (Å²) in [6.45, 7) is 1.78. The van der Waals surface area contributed by atoms with Gasteiger partial charge in [0.25, 0.3) is 5.91 Å². The average molecular weight is 319 g/mol. The zero-order valence-electron chi connectivity index (χ0n) is 12.0. The lowest BCUT2D eigenvalue weighted by Gasteiger charge is -2.09. The number of aryl methyl sites for hydroxylation is 1. The minimum absolute atomic E-state index is 0.285. The molecule has 4 nitrogen and oxygen atoms in total. The standard InChI is InChI=1S/C16H12F3N3O/c1-9-20-13-4-2-3-12(14(13)21-9)15(23)22-11-7-5-10(6-8-11)16(17,18)19/h2-8H,1H3,(H,20,21)(H,22,23). The first-order valence-electron chi connectivity index (χ1n) is 6.78. The van der Waals surface area contributed by atoms with Gasteiger partial charge in [0.15, 0.2) is 0 Å². The van der Waals surface area contributed by atoms with Gasteiger partial charge >= 0.3 is 6.18 Å². The number of para-hydroxylation sites is 1. The minimum atomic E-state index is -4.40. The lowest BCUT2D eigenvalue weighted by Crippen LogP contribution is -2.13. The maximum Gasteiger partial charge on any atom is 0.416 e. The molecule has 0 saturated carbocycles. The topological polar surface area (TPSA) is 57.8 Å². The molecule has 2 N–H and O–H groups in total. The summed E-state index contributed by atoms with van der Waals surface area (Å²) in [4.78, 5) is 19.6. The van der Waals surface area contributed by atoms with E-state index in [1.807, 2.05) is 0 Å². The van der Waals surface area contributed by atoms with Crippen LogP contribution in [0.25, 0.3) is 11.0 Å². The number of nitrogens with zero attached hydrogens (tertiary/aromatic N) is 1. The number of benzene rings is 2. The summed E-state index contributed by atoms with van der Waals surface area (Å²) in [6, 6.07) is 9.41. The van der Waals surface area contributed by atoms with Gasteiger partial charge in [-0.3, -0.25) is 4.79 Å². The highest BCUT2D eigenvalue weighted by Gasteiger charge is 2.30. The number of rotatable bonds is 2. The molecule has 0 saturated heterocycles. The van der Waals surface area contributed by atoms with Crippen LogP contribution in [0.1, 0.15) is 21.7 Å². The van der Waals surface area contributed by atoms with E-state index in [-0.39, 0.29) is 5.69 Å². The van der Waals surface area contributed by atoms with E-state index >= 15 is 0 Å². The zero-order chi connectivity index (χ0) is 16.6. The number of alkyl halides is 3. The smallest absolute Gasteiger partial charge is 0.342 e. The number of hydrogen-bond donors (Lipinski definition) is 2. The Kier molecular flexibility index (Phi) is 3.55. The summed E-state index contributed by atoms with van der Waals surface area (Å²) in [7, 11) is 0. The SMILES string of the molecule is Cc1nc2c(C(=O)Nc3ccc(C(F)(F)F)cc3)cccc2[nH]1. The molecule has 0 radical (unpaired) electrons. The zero-order valence-corrected chi connectivity index (χ0v) is 12.0. The molecule has 7 heteroatoms. The molecule has 1 heterocycles. The van der Waals surface area contributed by atoms with Crippen molar-refractivity contribution in [3.63, 3.8) is 0 Å². The molecule has 0 atom stereocenters. The molecule has 0 spiro atoms. The molecule has 0 unspecified atom stereocenters. The van der Waals surface area contributed by atoms with Crippen molar-refractivity contribution in [2.24, 2.45) is 0 Å². The predicted molar refractivity (Wildman–Crippen MR) is 80.2 cm³/mol. The number of aromatic nitrogens is 2. The van der Waals surface area contributed by atoms with Crippen LogP contribution in [0, 0.1) is 6.92 Å². The van der Waals surface area contributed by atoms with Crippen molar-refractivity contribution in [2.75, 3.05) is 5.32 Å². The van der Waals surface area contributed by atoms with E-state index in [9.17, 15) is 18.0 Å². The number of halogens is 3. The van der Waals surface area contributed by atoms with Gasteiger partial charge in [-0.15, -0.1) is 0 Å². The summed E-state index contributed by atoms with van der Waals surface area (Å²) < 4.78 is 37.6. The van der Waals surface area contributed by atoms with Crippen molar-refractivity contribution in [3.8, 4) is 0 Å². The highest BCUT2D eigenvalue weighted by atomic mass is 19.4. The Labute approximate surface area is 129 Å². The number of H-pyrrole nitrogens is 1. The van der Waals surface area contributed by atoms with E-state index < -0.39 is 17.6 Å². The molecule has 0 aliphatic heterocycles. The fraction of sp³-hybridized carbons (Fsp3) is 0.125. The molecular weight excluding hydrogens is 307 g/mol. The predicted octanol–water partition coefficient (Wildman–Crippen LogP) is 4.14. The molecule has 1 aromatic heterocycles. The van der Waals surface area contributed by atoms with E-state index in [0.717, 1.165) is 17.6 Å². The molecule has 0 fully saturated rings. The molecule has 118 valence electrons. The molecule has 0 bridgehead atoms. The van der Waals surface area contributed by atoms with Crippen LogP contribution >= 0.6 is 0 Å². The van der Waals surface area contributed by atoms with Gasteiger partial charge in [-0.1, -0.05) is 6.07 Å². The van der Waals surface area contributed by atoms with Crippen molar-refractivity contribution in [1.82, 2.24) is 9.97 Å². The van der Waals surface area contributed by atoms with E-state index in [2.05, 4.69) is 15.3 Å². The Morgan fingerprint density at radius 3 is 2.48 bits per heavy atom. The molecule has 2 aromatic carbocycles. The third-order valence-electron chi connectivity index (χ3n) is 3.35. The number of anilines is 1. The number of nitrogens with one attached hydrogen (secondary N) is 2. The van der Waals surface area contributed by atoms with Gasteiger partial charge in [-0.2, -0.15) is 13.2 Å². The van der Waals surface area contributed by atoms with E-state index in [0.29, 0.717) is 16.9 Å². The second kappa shape index (κ2) is 5.42. The summed E-state index contributed by atoms with van der Waals surface area (Å²) >= 11 is 0. The second-order valence-corrected chi connectivity index (χ2v) is 5.05. The molecule has 1 amide bonds. The fourth-order valence-corrected chi connectivity index (χ4v) is 2.28. The van der Waals surface area contributed by atoms with E-state index in [1.165, 1.54) is 12.1 Å². The summed E-state index contributed by atoms with van der Waals surface area (Å²) in [5.41, 5.74) is 1.12. The average Bonchev–Trinajstić information content (AvgIpc) is 2.86. The van der Waals surface area contributed by atoms with Crippen LogP contribution in [-0.2, 0) is 6.18 Å². The third kappa shape index (κ3) is 3.03. The van der Waals surface area contributed by atoms with Crippen molar-refractivity contribution >= 4 is 22.6 Å². The molecule has 3 aromatic rings. The summed E-state index contributed by atoms with van der Waals surface area (Å²) in [6.07, 6.45) is -4.40. The van der Waals surface area contributed by atoms with Gasteiger partial charge in [-0.05, 0) is 43.3 Å². The number of amides is 1. The normalized spacial score (nSPS) is 11.7. The highest BCUT2D eigenvalue weighted by molar-refractivity contribution is 6.11. The monoisotopic (exact) mass is 319 g/mol. The van der Waals surface area contributed by atoms with Crippen LogP contribution in [-0.4, -0.2) is 15.9 Å². The van der Waals surface area contributed by atoms with Gasteiger partial charge in [-0.25, -0.2) is 4.98 Å². The Bertz CT molecular complexity index is 866. The fourth-order valence-electron chi connectivity index (χ4n) is 2.28. The Hall–Kier alpha value is -2.83. The highest BCUT2D eigenvalue weighted by Crippen LogP contribution is 2.30. The number of fused-ring (bicyclic) bond motifs is 1. The molecule has 0 aliphatic carbocycles. The quantitative estimate of drug-likeness (QED) is 0.746. The van der Waals surface area contributed by atoms with Crippen LogP contribution in [0.4, 0.5) is 18.9 Å². The number of hydrogen-bond acceptors (Lipinski definition) is 2. The van der Waals surface area contributed by atoms with Crippen LogP contribution in [0.2, 0.25) is 0 Å².